The average molecular weight is 331 g/mol. The Morgan fingerprint density at radius 2 is 1.81 bits per heavy atom. The molecule has 0 unspecified atom stereocenters. The van der Waals surface area contributed by atoms with E-state index in [0.29, 0.717) is 5.02 Å². The van der Waals surface area contributed by atoms with E-state index in [-0.39, 0.29) is 22.6 Å². The van der Waals surface area contributed by atoms with E-state index < -0.39 is 21.5 Å². The Morgan fingerprint density at radius 3 is 2.48 bits per heavy atom. The molecule has 0 saturated heterocycles. The maximum atomic E-state index is 13.5. The Labute approximate surface area is 127 Å². The summed E-state index contributed by atoms with van der Waals surface area (Å²) < 4.78 is 50.9. The highest BCUT2D eigenvalue weighted by Crippen LogP contribution is 2.22. The zero-order chi connectivity index (χ0) is 15.6. The predicted octanol–water partition coefficient (Wildman–Crippen LogP) is 3.94. The van der Waals surface area contributed by atoms with Crippen LogP contribution in [0.3, 0.4) is 0 Å². The van der Waals surface area contributed by atoms with E-state index in [4.69, 9.17) is 11.6 Å². The molecule has 0 radical (unpaired) electrons. The van der Waals surface area contributed by atoms with Crippen molar-refractivity contribution in [3.63, 3.8) is 0 Å². The molecule has 0 aliphatic rings. The topological polar surface area (TPSA) is 34.1 Å². The summed E-state index contributed by atoms with van der Waals surface area (Å²) in [6.45, 7) is 1.76. The van der Waals surface area contributed by atoms with Crippen LogP contribution in [-0.4, -0.2) is 14.2 Å². The van der Waals surface area contributed by atoms with Crippen molar-refractivity contribution < 1.29 is 17.2 Å². The summed E-state index contributed by atoms with van der Waals surface area (Å²) in [5.74, 6) is -1.53. The van der Waals surface area contributed by atoms with Crippen LogP contribution in [0, 0.1) is 18.6 Å². The Morgan fingerprint density at radius 1 is 1.10 bits per heavy atom. The number of hydrogen-bond donors (Lipinski definition) is 0. The second-order valence-electron chi connectivity index (χ2n) is 4.72. The van der Waals surface area contributed by atoms with E-state index in [1.807, 2.05) is 0 Å². The molecule has 0 amide bonds. The van der Waals surface area contributed by atoms with Crippen molar-refractivity contribution in [3.8, 4) is 0 Å². The molecule has 0 aliphatic carbocycles. The molecule has 0 spiro atoms. The molecule has 2 rings (SSSR count). The largest absolute Gasteiger partial charge is 0.224 e. The van der Waals surface area contributed by atoms with E-state index >= 15 is 0 Å². The van der Waals surface area contributed by atoms with Gasteiger partial charge in [-0.05, 0) is 54.8 Å². The van der Waals surface area contributed by atoms with Gasteiger partial charge in [0.2, 0.25) is 0 Å². The van der Waals surface area contributed by atoms with E-state index in [2.05, 4.69) is 0 Å². The number of halogens is 3. The molecule has 2 nitrogen and oxygen atoms in total. The third-order valence-electron chi connectivity index (χ3n) is 3.15. The summed E-state index contributed by atoms with van der Waals surface area (Å²) in [5, 5.41) is 0.355. The molecule has 0 fully saturated rings. The van der Waals surface area contributed by atoms with Gasteiger partial charge in [0.1, 0.15) is 11.6 Å². The summed E-state index contributed by atoms with van der Waals surface area (Å²) in [7, 11) is -3.60. The zero-order valence-corrected chi connectivity index (χ0v) is 12.8. The van der Waals surface area contributed by atoms with E-state index in [0.717, 1.165) is 23.8 Å². The van der Waals surface area contributed by atoms with Gasteiger partial charge in [0.15, 0.2) is 9.84 Å². The zero-order valence-electron chi connectivity index (χ0n) is 11.2. The van der Waals surface area contributed by atoms with Crippen molar-refractivity contribution in [2.45, 2.75) is 18.2 Å². The van der Waals surface area contributed by atoms with Crippen LogP contribution < -0.4 is 0 Å². The molecule has 0 N–H and O–H groups in total. The first-order valence-corrected chi connectivity index (χ1v) is 8.25. The molecular weight excluding hydrogens is 318 g/mol. The van der Waals surface area contributed by atoms with E-state index in [1.165, 1.54) is 12.1 Å². The molecular formula is C15H13ClF2O2S. The lowest BCUT2D eigenvalue weighted by molar-refractivity contribution is 0.581. The summed E-state index contributed by atoms with van der Waals surface area (Å²) in [5.41, 5.74) is 0.809. The number of hydrogen-bond acceptors (Lipinski definition) is 2. The van der Waals surface area contributed by atoms with Gasteiger partial charge < -0.3 is 0 Å². The normalized spacial score (nSPS) is 11.6. The standard InChI is InChI=1S/C15H13ClF2O2S/c1-10-2-4-13(9-14(10)16)21(19,20)7-6-11-8-12(17)3-5-15(11)18/h2-5,8-9H,6-7H2,1H3. The minimum atomic E-state index is -3.60. The molecule has 0 saturated carbocycles. The van der Waals surface area contributed by atoms with Crippen molar-refractivity contribution in [1.82, 2.24) is 0 Å². The number of aryl methyl sites for hydroxylation is 2. The fourth-order valence-electron chi connectivity index (χ4n) is 1.86. The highest BCUT2D eigenvalue weighted by Gasteiger charge is 2.17. The van der Waals surface area contributed by atoms with Crippen LogP contribution in [0.1, 0.15) is 11.1 Å². The van der Waals surface area contributed by atoms with Gasteiger partial charge in [-0.2, -0.15) is 0 Å². The predicted molar refractivity (Wildman–Crippen MR) is 78.3 cm³/mol. The lowest BCUT2D eigenvalue weighted by Gasteiger charge is -2.07. The lowest BCUT2D eigenvalue weighted by Crippen LogP contribution is -2.10. The van der Waals surface area contributed by atoms with E-state index in [9.17, 15) is 17.2 Å². The number of sulfone groups is 1. The van der Waals surface area contributed by atoms with Gasteiger partial charge in [-0.15, -0.1) is 0 Å². The summed E-state index contributed by atoms with van der Waals surface area (Å²) in [6.07, 6.45) is -0.0998. The summed E-state index contributed by atoms with van der Waals surface area (Å²) in [4.78, 5) is 0.0786. The Hall–Kier alpha value is -1.46. The van der Waals surface area contributed by atoms with Gasteiger partial charge >= 0.3 is 0 Å². The van der Waals surface area contributed by atoms with Crippen LogP contribution in [0.15, 0.2) is 41.3 Å². The first-order valence-electron chi connectivity index (χ1n) is 6.22. The number of rotatable bonds is 4. The van der Waals surface area contributed by atoms with Gasteiger partial charge in [0, 0.05) is 5.02 Å². The molecule has 0 bridgehead atoms. The summed E-state index contributed by atoms with van der Waals surface area (Å²) in [6, 6.07) is 7.42. The quantitative estimate of drug-likeness (QED) is 0.850. The molecule has 0 aromatic heterocycles. The van der Waals surface area contributed by atoms with Gasteiger partial charge in [-0.1, -0.05) is 17.7 Å². The van der Waals surface area contributed by atoms with Crippen molar-refractivity contribution in [3.05, 3.63) is 64.2 Å². The van der Waals surface area contributed by atoms with Crippen LogP contribution in [0.25, 0.3) is 0 Å². The molecule has 21 heavy (non-hydrogen) atoms. The van der Waals surface area contributed by atoms with Gasteiger partial charge in [-0.25, -0.2) is 17.2 Å². The monoisotopic (exact) mass is 330 g/mol. The van der Waals surface area contributed by atoms with Crippen LogP contribution in [0.5, 0.6) is 0 Å². The van der Waals surface area contributed by atoms with Gasteiger partial charge in [0.25, 0.3) is 0 Å². The van der Waals surface area contributed by atoms with E-state index in [1.54, 1.807) is 13.0 Å². The van der Waals surface area contributed by atoms with Crippen molar-refractivity contribution in [2.24, 2.45) is 0 Å². The van der Waals surface area contributed by atoms with Crippen LogP contribution in [0.2, 0.25) is 5.02 Å². The Balaban J connectivity index is 2.21. The first kappa shape index (κ1) is 15.9. The Kier molecular flexibility index (Phi) is 4.64. The minimum Gasteiger partial charge on any atom is -0.224 e. The molecule has 112 valence electrons. The average Bonchev–Trinajstić information content (AvgIpc) is 2.43. The van der Waals surface area contributed by atoms with Gasteiger partial charge in [0.05, 0.1) is 10.6 Å². The molecule has 0 aliphatic heterocycles. The smallest absolute Gasteiger partial charge is 0.178 e. The first-order chi connectivity index (χ1) is 9.79. The van der Waals surface area contributed by atoms with Crippen LogP contribution in [-0.2, 0) is 16.3 Å². The molecule has 2 aromatic rings. The fourth-order valence-corrected chi connectivity index (χ4v) is 3.41. The SMILES string of the molecule is Cc1ccc(S(=O)(=O)CCc2cc(F)ccc2F)cc1Cl. The highest BCUT2D eigenvalue weighted by molar-refractivity contribution is 7.91. The molecule has 0 heterocycles. The van der Waals surface area contributed by atoms with Gasteiger partial charge in [-0.3, -0.25) is 0 Å². The second-order valence-corrected chi connectivity index (χ2v) is 7.23. The molecule has 2 aromatic carbocycles. The highest BCUT2D eigenvalue weighted by atomic mass is 35.5. The lowest BCUT2D eigenvalue weighted by atomic mass is 10.1. The molecule has 0 atom stereocenters. The fraction of sp³-hybridized carbons (Fsp3) is 0.200. The third kappa shape index (κ3) is 3.80. The maximum absolute atomic E-state index is 13.5. The number of benzene rings is 2. The summed E-state index contributed by atoms with van der Waals surface area (Å²) >= 11 is 5.91. The Bertz CT molecular complexity index is 773. The van der Waals surface area contributed by atoms with Crippen molar-refractivity contribution >= 4 is 21.4 Å². The molecule has 6 heteroatoms. The maximum Gasteiger partial charge on any atom is 0.178 e. The van der Waals surface area contributed by atoms with Crippen LogP contribution >= 0.6 is 11.6 Å². The minimum absolute atomic E-state index is 0.0387. The third-order valence-corrected chi connectivity index (χ3v) is 5.27. The van der Waals surface area contributed by atoms with Crippen molar-refractivity contribution in [1.29, 1.82) is 0 Å². The van der Waals surface area contributed by atoms with Crippen LogP contribution in [0.4, 0.5) is 8.78 Å². The van der Waals surface area contributed by atoms with Crippen molar-refractivity contribution in [2.75, 3.05) is 5.75 Å². The second kappa shape index (κ2) is 6.12.